The van der Waals surface area contributed by atoms with Crippen LogP contribution in [0, 0.1) is 13.8 Å². The summed E-state index contributed by atoms with van der Waals surface area (Å²) in [5.74, 6) is -0.251. The maximum atomic E-state index is 12.8. The molecule has 2 aromatic carbocycles. The number of carboxylic acid groups (broad SMARTS) is 1. The van der Waals surface area contributed by atoms with Crippen molar-refractivity contribution in [1.29, 1.82) is 0 Å². The molecule has 0 radical (unpaired) electrons. The number of hydrogen-bond acceptors (Lipinski definition) is 5. The molecule has 0 aliphatic heterocycles. The number of aryl methyl sites for hydroxylation is 1. The predicted octanol–water partition coefficient (Wildman–Crippen LogP) is 6.90. The average molecular weight is 493 g/mol. The molecule has 33 heavy (non-hydrogen) atoms. The molecular weight excluding hydrogens is 469 g/mol. The highest BCUT2D eigenvalue weighted by Crippen LogP contribution is 2.37. The number of aromatic nitrogens is 1. The van der Waals surface area contributed by atoms with Gasteiger partial charge in [0.2, 0.25) is 0 Å². The van der Waals surface area contributed by atoms with Crippen molar-refractivity contribution in [3.8, 4) is 10.6 Å². The number of carboxylic acids is 1. The lowest BCUT2D eigenvalue weighted by Gasteiger charge is -2.22. The van der Waals surface area contributed by atoms with E-state index in [2.05, 4.69) is 11.6 Å². The van der Waals surface area contributed by atoms with E-state index >= 15 is 0 Å². The second kappa shape index (κ2) is 10.0. The van der Waals surface area contributed by atoms with Gasteiger partial charge in [0.25, 0.3) is 0 Å². The van der Waals surface area contributed by atoms with E-state index in [0.29, 0.717) is 16.3 Å². The van der Waals surface area contributed by atoms with Crippen LogP contribution in [0.25, 0.3) is 16.6 Å². The molecule has 0 saturated carbocycles. The third-order valence-electron chi connectivity index (χ3n) is 5.14. The van der Waals surface area contributed by atoms with Gasteiger partial charge < -0.3 is 10.0 Å². The first-order valence-electron chi connectivity index (χ1n) is 9.97. The number of halogens is 3. The SMILES string of the molecule is C=Cc1c(N(C)CC(=O)O)ccc(SCc2sc(-c3ccc(C(F)(F)F)cc3)nc2C)c1C. The normalized spacial score (nSPS) is 11.5. The van der Waals surface area contributed by atoms with Crippen LogP contribution in [0.4, 0.5) is 18.9 Å². The van der Waals surface area contributed by atoms with E-state index in [1.165, 1.54) is 23.5 Å². The Kier molecular flexibility index (Phi) is 7.54. The first-order valence-corrected chi connectivity index (χ1v) is 11.8. The molecule has 0 fully saturated rings. The van der Waals surface area contributed by atoms with Crippen LogP contribution in [0.15, 0.2) is 47.9 Å². The summed E-state index contributed by atoms with van der Waals surface area (Å²) in [6.45, 7) is 7.64. The van der Waals surface area contributed by atoms with Crippen LogP contribution in [-0.2, 0) is 16.7 Å². The Hall–Kier alpha value is -2.78. The number of carbonyl (C=O) groups is 1. The fourth-order valence-corrected chi connectivity index (χ4v) is 5.62. The van der Waals surface area contributed by atoms with E-state index < -0.39 is 17.7 Å². The summed E-state index contributed by atoms with van der Waals surface area (Å²) in [4.78, 5) is 19.4. The van der Waals surface area contributed by atoms with Gasteiger partial charge in [-0.3, -0.25) is 4.79 Å². The van der Waals surface area contributed by atoms with E-state index in [1.807, 2.05) is 26.0 Å². The minimum absolute atomic E-state index is 0.112. The van der Waals surface area contributed by atoms with Crippen LogP contribution >= 0.6 is 23.1 Å². The Labute approximate surface area is 198 Å². The Balaban J connectivity index is 1.78. The van der Waals surface area contributed by atoms with Crippen LogP contribution in [0.2, 0.25) is 0 Å². The van der Waals surface area contributed by atoms with E-state index in [-0.39, 0.29) is 6.54 Å². The topological polar surface area (TPSA) is 53.4 Å². The zero-order chi connectivity index (χ0) is 24.3. The van der Waals surface area contributed by atoms with Gasteiger partial charge in [0.15, 0.2) is 0 Å². The largest absolute Gasteiger partial charge is 0.480 e. The summed E-state index contributed by atoms with van der Waals surface area (Å²) in [5, 5.41) is 9.76. The number of rotatable bonds is 8. The van der Waals surface area contributed by atoms with E-state index in [4.69, 9.17) is 5.11 Å². The molecule has 3 aromatic rings. The number of thioether (sulfide) groups is 1. The number of thiazole rings is 1. The van der Waals surface area contributed by atoms with Crippen LogP contribution in [0.5, 0.6) is 0 Å². The van der Waals surface area contributed by atoms with Crippen molar-refractivity contribution in [3.05, 3.63) is 70.2 Å². The Morgan fingerprint density at radius 1 is 1.21 bits per heavy atom. The predicted molar refractivity (Wildman–Crippen MR) is 129 cm³/mol. The first-order chi connectivity index (χ1) is 15.5. The zero-order valence-electron chi connectivity index (χ0n) is 18.4. The Morgan fingerprint density at radius 3 is 2.45 bits per heavy atom. The summed E-state index contributed by atoms with van der Waals surface area (Å²) in [7, 11) is 1.73. The molecule has 0 aliphatic rings. The second-order valence-corrected chi connectivity index (χ2v) is 9.57. The second-order valence-electron chi connectivity index (χ2n) is 7.47. The molecule has 0 spiro atoms. The van der Waals surface area contributed by atoms with Gasteiger partial charge in [0.1, 0.15) is 11.6 Å². The molecule has 0 unspecified atom stereocenters. The highest BCUT2D eigenvalue weighted by Gasteiger charge is 2.30. The monoisotopic (exact) mass is 492 g/mol. The summed E-state index contributed by atoms with van der Waals surface area (Å²) in [5.41, 5.74) is 3.52. The Morgan fingerprint density at radius 2 is 1.88 bits per heavy atom. The molecule has 4 nitrogen and oxygen atoms in total. The van der Waals surface area contributed by atoms with Crippen molar-refractivity contribution >= 4 is 40.8 Å². The van der Waals surface area contributed by atoms with Gasteiger partial charge in [-0.1, -0.05) is 24.8 Å². The van der Waals surface area contributed by atoms with Crippen LogP contribution in [0.1, 0.15) is 27.3 Å². The fourth-order valence-electron chi connectivity index (χ4n) is 3.36. The molecule has 1 heterocycles. The summed E-state index contributed by atoms with van der Waals surface area (Å²) in [6, 6.07) is 8.90. The van der Waals surface area contributed by atoms with Gasteiger partial charge >= 0.3 is 12.1 Å². The highest BCUT2D eigenvalue weighted by molar-refractivity contribution is 7.98. The van der Waals surface area contributed by atoms with Crippen molar-refractivity contribution < 1.29 is 23.1 Å². The molecular formula is C24H23F3N2O2S2. The van der Waals surface area contributed by atoms with Crippen LogP contribution in [0.3, 0.4) is 0 Å². The van der Waals surface area contributed by atoms with Crippen LogP contribution in [-0.4, -0.2) is 29.7 Å². The minimum atomic E-state index is -4.36. The van der Waals surface area contributed by atoms with Crippen molar-refractivity contribution in [2.75, 3.05) is 18.5 Å². The third kappa shape index (κ3) is 5.78. The van der Waals surface area contributed by atoms with Crippen LogP contribution < -0.4 is 4.90 Å². The van der Waals surface area contributed by atoms with Crippen molar-refractivity contribution in [3.63, 3.8) is 0 Å². The highest BCUT2D eigenvalue weighted by atomic mass is 32.2. The van der Waals surface area contributed by atoms with E-state index in [1.54, 1.807) is 29.8 Å². The first kappa shape index (κ1) is 24.9. The molecule has 0 saturated heterocycles. The smallest absolute Gasteiger partial charge is 0.416 e. The molecule has 3 rings (SSSR count). The molecule has 0 atom stereocenters. The zero-order valence-corrected chi connectivity index (χ0v) is 20.0. The van der Waals surface area contributed by atoms with Gasteiger partial charge in [-0.2, -0.15) is 13.2 Å². The average Bonchev–Trinajstić information content (AvgIpc) is 3.12. The maximum Gasteiger partial charge on any atom is 0.416 e. The number of aliphatic carboxylic acids is 1. The summed E-state index contributed by atoms with van der Waals surface area (Å²) >= 11 is 3.10. The lowest BCUT2D eigenvalue weighted by Crippen LogP contribution is -2.25. The minimum Gasteiger partial charge on any atom is -0.480 e. The third-order valence-corrected chi connectivity index (χ3v) is 7.72. The molecule has 0 bridgehead atoms. The molecule has 0 aliphatic carbocycles. The van der Waals surface area contributed by atoms with Gasteiger partial charge in [-0.05, 0) is 43.7 Å². The maximum absolute atomic E-state index is 12.8. The summed E-state index contributed by atoms with van der Waals surface area (Å²) < 4.78 is 38.4. The number of nitrogens with zero attached hydrogens (tertiary/aromatic N) is 2. The van der Waals surface area contributed by atoms with Gasteiger partial charge in [0, 0.05) is 39.4 Å². The van der Waals surface area contributed by atoms with E-state index in [0.717, 1.165) is 44.4 Å². The lowest BCUT2D eigenvalue weighted by molar-refractivity contribution is -0.137. The van der Waals surface area contributed by atoms with Gasteiger partial charge in [-0.15, -0.1) is 23.1 Å². The fraction of sp³-hybridized carbons (Fsp3) is 0.250. The molecule has 1 aromatic heterocycles. The Bertz CT molecular complexity index is 1170. The molecule has 1 N–H and O–H groups in total. The molecule has 174 valence electrons. The van der Waals surface area contributed by atoms with Crippen molar-refractivity contribution in [2.24, 2.45) is 0 Å². The number of hydrogen-bond donors (Lipinski definition) is 1. The van der Waals surface area contributed by atoms with E-state index in [9.17, 15) is 18.0 Å². The number of benzene rings is 2. The van der Waals surface area contributed by atoms with Crippen molar-refractivity contribution in [2.45, 2.75) is 30.7 Å². The standard InChI is InChI=1S/C24H23F3N2O2S2/c1-5-18-14(2)20(11-10-19(18)29(4)12-22(30)31)32-13-21-15(3)28-23(33-21)16-6-8-17(9-7-16)24(25,26)27/h5-11H,1,12-13H2,2-4H3,(H,30,31). The van der Waals surface area contributed by atoms with Crippen molar-refractivity contribution in [1.82, 2.24) is 4.98 Å². The molecule has 9 heteroatoms. The molecule has 0 amide bonds. The quantitative estimate of drug-likeness (QED) is 0.347. The number of alkyl halides is 3. The van der Waals surface area contributed by atoms with Gasteiger partial charge in [-0.25, -0.2) is 4.98 Å². The summed E-state index contributed by atoms with van der Waals surface area (Å²) in [6.07, 6.45) is -2.63. The lowest BCUT2D eigenvalue weighted by atomic mass is 10.1. The number of anilines is 1. The van der Waals surface area contributed by atoms with Gasteiger partial charge in [0.05, 0.1) is 11.3 Å². The number of likely N-dealkylation sites (N-methyl/N-ethyl adjacent to an activating group) is 1.